The zero-order valence-corrected chi connectivity index (χ0v) is 8.91. The van der Waals surface area contributed by atoms with Crippen molar-refractivity contribution in [3.8, 4) is 0 Å². The molecular formula is C11H19NO. The lowest BCUT2D eigenvalue weighted by atomic mass is 10.1. The van der Waals surface area contributed by atoms with Gasteiger partial charge in [0.25, 0.3) is 0 Å². The second-order valence-corrected chi connectivity index (χ2v) is 4.13. The Bertz CT molecular complexity index is 256. The Kier molecular flexibility index (Phi) is 3.15. The molecule has 0 fully saturated rings. The molecule has 1 heterocycles. The minimum absolute atomic E-state index is 0.244. The van der Waals surface area contributed by atoms with Crippen molar-refractivity contribution in [2.75, 3.05) is 0 Å². The van der Waals surface area contributed by atoms with E-state index in [1.54, 1.807) is 0 Å². The number of aliphatic hydroxyl groups is 1. The molecule has 1 atom stereocenters. The van der Waals surface area contributed by atoms with Crippen molar-refractivity contribution in [2.45, 2.75) is 40.3 Å². The Morgan fingerprint density at radius 2 is 1.69 bits per heavy atom. The molecule has 0 radical (unpaired) electrons. The second kappa shape index (κ2) is 3.97. The fraction of sp³-hybridized carbons (Fsp3) is 0.636. The van der Waals surface area contributed by atoms with Crippen LogP contribution in [0.25, 0.3) is 0 Å². The van der Waals surface area contributed by atoms with Gasteiger partial charge in [-0.3, -0.25) is 0 Å². The third kappa shape index (κ3) is 2.59. The van der Waals surface area contributed by atoms with E-state index in [1.165, 1.54) is 11.1 Å². The van der Waals surface area contributed by atoms with Gasteiger partial charge < -0.3 is 9.67 Å². The monoisotopic (exact) mass is 181 g/mol. The SMILES string of the molecule is Cc1cn(CC(O)C(C)C)cc1C. The molecule has 0 aliphatic carbocycles. The number of hydrogen-bond acceptors (Lipinski definition) is 1. The lowest BCUT2D eigenvalue weighted by Crippen LogP contribution is -2.20. The molecule has 0 spiro atoms. The van der Waals surface area contributed by atoms with Crippen LogP contribution >= 0.6 is 0 Å². The van der Waals surface area contributed by atoms with Crippen LogP contribution < -0.4 is 0 Å². The van der Waals surface area contributed by atoms with Crippen molar-refractivity contribution in [1.82, 2.24) is 4.57 Å². The molecule has 0 amide bonds. The first-order chi connectivity index (χ1) is 6.00. The maximum Gasteiger partial charge on any atom is 0.0741 e. The summed E-state index contributed by atoms with van der Waals surface area (Å²) in [6.45, 7) is 8.95. The molecule has 0 saturated carbocycles. The summed E-state index contributed by atoms with van der Waals surface area (Å²) >= 11 is 0. The smallest absolute Gasteiger partial charge is 0.0741 e. The Morgan fingerprint density at radius 3 is 2.08 bits per heavy atom. The topological polar surface area (TPSA) is 25.2 Å². The van der Waals surface area contributed by atoms with Gasteiger partial charge in [0.05, 0.1) is 6.10 Å². The molecule has 74 valence electrons. The summed E-state index contributed by atoms with van der Waals surface area (Å²) in [4.78, 5) is 0. The van der Waals surface area contributed by atoms with Crippen LogP contribution in [-0.4, -0.2) is 15.8 Å². The summed E-state index contributed by atoms with van der Waals surface area (Å²) in [7, 11) is 0. The molecule has 0 aliphatic heterocycles. The molecular weight excluding hydrogens is 162 g/mol. The molecule has 1 unspecified atom stereocenters. The van der Waals surface area contributed by atoms with Crippen LogP contribution in [0, 0.1) is 19.8 Å². The van der Waals surface area contributed by atoms with E-state index < -0.39 is 0 Å². The number of aryl methyl sites for hydroxylation is 2. The van der Waals surface area contributed by atoms with Gasteiger partial charge in [0.15, 0.2) is 0 Å². The highest BCUT2D eigenvalue weighted by molar-refractivity contribution is 5.20. The van der Waals surface area contributed by atoms with Crippen LogP contribution in [0.15, 0.2) is 12.4 Å². The zero-order chi connectivity index (χ0) is 10.0. The van der Waals surface area contributed by atoms with Crippen molar-refractivity contribution in [1.29, 1.82) is 0 Å². The normalized spacial score (nSPS) is 13.7. The highest BCUT2D eigenvalue weighted by Gasteiger charge is 2.09. The van der Waals surface area contributed by atoms with Gasteiger partial charge in [0, 0.05) is 18.9 Å². The van der Waals surface area contributed by atoms with Gasteiger partial charge in [0.2, 0.25) is 0 Å². The molecule has 1 aromatic rings. The quantitative estimate of drug-likeness (QED) is 0.759. The van der Waals surface area contributed by atoms with Gasteiger partial charge in [-0.05, 0) is 30.9 Å². The maximum atomic E-state index is 9.66. The fourth-order valence-corrected chi connectivity index (χ4v) is 1.27. The van der Waals surface area contributed by atoms with Gasteiger partial charge in [-0.15, -0.1) is 0 Å². The largest absolute Gasteiger partial charge is 0.391 e. The average Bonchev–Trinajstić information content (AvgIpc) is 2.31. The van der Waals surface area contributed by atoms with Crippen molar-refractivity contribution in [3.63, 3.8) is 0 Å². The molecule has 1 aromatic heterocycles. The summed E-state index contributed by atoms with van der Waals surface area (Å²) in [5, 5.41) is 9.66. The Morgan fingerprint density at radius 1 is 1.23 bits per heavy atom. The summed E-state index contributed by atoms with van der Waals surface area (Å²) in [5.74, 6) is 0.322. The van der Waals surface area contributed by atoms with E-state index >= 15 is 0 Å². The van der Waals surface area contributed by atoms with Gasteiger partial charge in [0.1, 0.15) is 0 Å². The minimum atomic E-state index is -0.244. The molecule has 0 bridgehead atoms. The van der Waals surface area contributed by atoms with Crippen molar-refractivity contribution in [3.05, 3.63) is 23.5 Å². The predicted molar refractivity (Wildman–Crippen MR) is 54.8 cm³/mol. The van der Waals surface area contributed by atoms with Crippen molar-refractivity contribution in [2.24, 2.45) is 5.92 Å². The molecule has 2 nitrogen and oxygen atoms in total. The summed E-state index contributed by atoms with van der Waals surface area (Å²) in [6, 6.07) is 0. The van der Waals surface area contributed by atoms with Crippen LogP contribution in [0.2, 0.25) is 0 Å². The van der Waals surface area contributed by atoms with Crippen molar-refractivity contribution >= 4 is 0 Å². The van der Waals surface area contributed by atoms with E-state index in [0.29, 0.717) is 12.5 Å². The van der Waals surface area contributed by atoms with E-state index in [1.807, 2.05) is 13.8 Å². The summed E-state index contributed by atoms with van der Waals surface area (Å²) < 4.78 is 2.06. The van der Waals surface area contributed by atoms with E-state index in [9.17, 15) is 5.11 Å². The average molecular weight is 181 g/mol. The molecule has 0 aromatic carbocycles. The number of nitrogens with zero attached hydrogens (tertiary/aromatic N) is 1. The van der Waals surface area contributed by atoms with Crippen LogP contribution in [0.3, 0.4) is 0 Å². The lowest BCUT2D eigenvalue weighted by Gasteiger charge is -2.14. The third-order valence-corrected chi connectivity index (χ3v) is 2.51. The standard InChI is InChI=1S/C11H19NO/c1-8(2)11(13)7-12-5-9(3)10(4)6-12/h5-6,8,11,13H,7H2,1-4H3. The molecule has 0 aliphatic rings. The molecule has 0 saturated heterocycles. The van der Waals surface area contributed by atoms with E-state index in [0.717, 1.165) is 0 Å². The van der Waals surface area contributed by atoms with Crippen LogP contribution in [0.1, 0.15) is 25.0 Å². The number of aromatic nitrogens is 1. The fourth-order valence-electron chi connectivity index (χ4n) is 1.27. The molecule has 2 heteroatoms. The Balaban J connectivity index is 2.64. The van der Waals surface area contributed by atoms with Crippen LogP contribution in [-0.2, 0) is 6.54 Å². The van der Waals surface area contributed by atoms with E-state index in [-0.39, 0.29) is 6.10 Å². The number of aliphatic hydroxyl groups excluding tert-OH is 1. The van der Waals surface area contributed by atoms with Gasteiger partial charge in [-0.25, -0.2) is 0 Å². The van der Waals surface area contributed by atoms with Gasteiger partial charge >= 0.3 is 0 Å². The number of hydrogen-bond donors (Lipinski definition) is 1. The van der Waals surface area contributed by atoms with E-state index in [4.69, 9.17) is 0 Å². The predicted octanol–water partition coefficient (Wildman–Crippen LogP) is 2.12. The summed E-state index contributed by atoms with van der Waals surface area (Å²) in [5.41, 5.74) is 2.58. The minimum Gasteiger partial charge on any atom is -0.391 e. The first-order valence-electron chi connectivity index (χ1n) is 4.81. The highest BCUT2D eigenvalue weighted by atomic mass is 16.3. The molecule has 13 heavy (non-hydrogen) atoms. The second-order valence-electron chi connectivity index (χ2n) is 4.13. The molecule has 1 rings (SSSR count). The van der Waals surface area contributed by atoms with Crippen molar-refractivity contribution < 1.29 is 5.11 Å². The van der Waals surface area contributed by atoms with Crippen LogP contribution in [0.4, 0.5) is 0 Å². The lowest BCUT2D eigenvalue weighted by molar-refractivity contribution is 0.107. The highest BCUT2D eigenvalue weighted by Crippen LogP contribution is 2.10. The number of rotatable bonds is 3. The van der Waals surface area contributed by atoms with Gasteiger partial charge in [-0.2, -0.15) is 0 Å². The summed E-state index contributed by atoms with van der Waals surface area (Å²) in [6.07, 6.45) is 3.92. The first-order valence-corrected chi connectivity index (χ1v) is 4.81. The maximum absolute atomic E-state index is 9.66. The van der Waals surface area contributed by atoms with E-state index in [2.05, 4.69) is 30.8 Å². The molecule has 1 N–H and O–H groups in total. The van der Waals surface area contributed by atoms with Crippen LogP contribution in [0.5, 0.6) is 0 Å². The van der Waals surface area contributed by atoms with Gasteiger partial charge in [-0.1, -0.05) is 13.8 Å². The Hall–Kier alpha value is -0.760. The Labute approximate surface area is 80.2 Å². The zero-order valence-electron chi connectivity index (χ0n) is 8.91. The first kappa shape index (κ1) is 10.3. The third-order valence-electron chi connectivity index (χ3n) is 2.51.